The Hall–Kier alpha value is -2.68. The smallest absolute Gasteiger partial charge is 0.293 e. The van der Waals surface area contributed by atoms with E-state index in [4.69, 9.17) is 9.47 Å². The van der Waals surface area contributed by atoms with E-state index in [1.165, 1.54) is 10.9 Å². The molecule has 1 aliphatic heterocycles. The highest BCUT2D eigenvalue weighted by atomic mass is 16.5. The molecule has 9 nitrogen and oxygen atoms in total. The molecule has 0 saturated carbocycles. The maximum atomic E-state index is 12.0. The van der Waals surface area contributed by atoms with E-state index in [0.29, 0.717) is 38.0 Å². The second-order valence-electron chi connectivity index (χ2n) is 5.66. The molecule has 9 heteroatoms. The number of aromatic nitrogens is 4. The molecule has 1 saturated heterocycles. The van der Waals surface area contributed by atoms with Crippen molar-refractivity contribution in [2.45, 2.75) is 13.0 Å². The van der Waals surface area contributed by atoms with E-state index in [1.54, 1.807) is 19.4 Å². The second kappa shape index (κ2) is 7.93. The molecule has 0 aromatic carbocycles. The van der Waals surface area contributed by atoms with Crippen LogP contribution in [0.25, 0.3) is 0 Å². The third-order valence-electron chi connectivity index (χ3n) is 3.90. The summed E-state index contributed by atoms with van der Waals surface area (Å²) in [6.45, 7) is 4.95. The lowest BCUT2D eigenvalue weighted by Gasteiger charge is -2.33. The largest absolute Gasteiger partial charge is 0.478 e. The Kier molecular flexibility index (Phi) is 5.44. The van der Waals surface area contributed by atoms with Gasteiger partial charge in [-0.2, -0.15) is 0 Å². The van der Waals surface area contributed by atoms with Gasteiger partial charge in [0.1, 0.15) is 12.1 Å². The van der Waals surface area contributed by atoms with Gasteiger partial charge in [0, 0.05) is 45.1 Å². The van der Waals surface area contributed by atoms with Crippen molar-refractivity contribution in [2.75, 3.05) is 43.1 Å². The lowest BCUT2D eigenvalue weighted by atomic mass is 10.2. The first-order valence-corrected chi connectivity index (χ1v) is 8.24. The van der Waals surface area contributed by atoms with Crippen molar-refractivity contribution in [2.24, 2.45) is 7.05 Å². The molecule has 0 unspecified atom stereocenters. The van der Waals surface area contributed by atoms with Gasteiger partial charge in [0.25, 0.3) is 5.56 Å². The highest BCUT2D eigenvalue weighted by Gasteiger charge is 2.22. The summed E-state index contributed by atoms with van der Waals surface area (Å²) in [6, 6.07) is 1.83. The van der Waals surface area contributed by atoms with Crippen LogP contribution in [-0.2, 0) is 11.8 Å². The highest BCUT2D eigenvalue weighted by Crippen LogP contribution is 2.18. The summed E-state index contributed by atoms with van der Waals surface area (Å²) in [5.41, 5.74) is -0.160. The van der Waals surface area contributed by atoms with Gasteiger partial charge in [0.05, 0.1) is 19.3 Å². The Balaban J connectivity index is 1.62. The Morgan fingerprint density at radius 2 is 2.28 bits per heavy atom. The van der Waals surface area contributed by atoms with Crippen molar-refractivity contribution in [1.82, 2.24) is 19.5 Å². The number of aryl methyl sites for hydroxylation is 1. The van der Waals surface area contributed by atoms with Gasteiger partial charge in [-0.15, -0.1) is 0 Å². The fourth-order valence-electron chi connectivity index (χ4n) is 2.61. The number of rotatable bonds is 6. The summed E-state index contributed by atoms with van der Waals surface area (Å²) in [5, 5.41) is 3.07. The predicted molar refractivity (Wildman–Crippen MR) is 93.1 cm³/mol. The lowest BCUT2D eigenvalue weighted by Crippen LogP contribution is -2.46. The molecule has 25 heavy (non-hydrogen) atoms. The summed E-state index contributed by atoms with van der Waals surface area (Å²) < 4.78 is 12.7. The van der Waals surface area contributed by atoms with E-state index in [9.17, 15) is 4.79 Å². The lowest BCUT2D eigenvalue weighted by molar-refractivity contribution is 0.0489. The van der Waals surface area contributed by atoms with Crippen LogP contribution in [0.2, 0.25) is 0 Å². The molecule has 0 aliphatic carbocycles. The Morgan fingerprint density at radius 3 is 3.12 bits per heavy atom. The average molecular weight is 346 g/mol. The number of morpholine rings is 1. The summed E-state index contributed by atoms with van der Waals surface area (Å²) in [7, 11) is 1.69. The van der Waals surface area contributed by atoms with Gasteiger partial charge in [-0.05, 0) is 6.92 Å². The van der Waals surface area contributed by atoms with Gasteiger partial charge in [0.15, 0.2) is 5.82 Å². The molecule has 1 aliphatic rings. The SMILES string of the molecule is CCOc1cc(N2CCO[C@@H](CNc3nccn(C)c3=O)C2)ncn1. The van der Waals surface area contributed by atoms with Crippen LogP contribution in [-0.4, -0.2) is 58.5 Å². The molecule has 134 valence electrons. The number of hydrogen-bond donors (Lipinski definition) is 1. The molecule has 0 radical (unpaired) electrons. The van der Waals surface area contributed by atoms with Crippen molar-refractivity contribution >= 4 is 11.6 Å². The third-order valence-corrected chi connectivity index (χ3v) is 3.90. The minimum atomic E-state index is -0.160. The molecule has 0 bridgehead atoms. The zero-order valence-electron chi connectivity index (χ0n) is 14.4. The van der Waals surface area contributed by atoms with Crippen LogP contribution in [0.1, 0.15) is 6.92 Å². The summed E-state index contributed by atoms with van der Waals surface area (Å²) in [6.07, 6.45) is 4.64. The van der Waals surface area contributed by atoms with Gasteiger partial charge in [0.2, 0.25) is 5.88 Å². The fraction of sp³-hybridized carbons (Fsp3) is 0.500. The van der Waals surface area contributed by atoms with Crippen LogP contribution >= 0.6 is 0 Å². The van der Waals surface area contributed by atoms with E-state index < -0.39 is 0 Å². The normalized spacial score (nSPS) is 17.4. The van der Waals surface area contributed by atoms with Crippen molar-refractivity contribution in [1.29, 1.82) is 0 Å². The topological polar surface area (TPSA) is 94.4 Å². The molecule has 3 rings (SSSR count). The molecule has 2 aromatic heterocycles. The van der Waals surface area contributed by atoms with Gasteiger partial charge in [-0.1, -0.05) is 0 Å². The maximum absolute atomic E-state index is 12.0. The number of ether oxygens (including phenoxy) is 2. The van der Waals surface area contributed by atoms with Crippen molar-refractivity contribution in [3.8, 4) is 5.88 Å². The van der Waals surface area contributed by atoms with Crippen LogP contribution in [0.15, 0.2) is 29.6 Å². The summed E-state index contributed by atoms with van der Waals surface area (Å²) in [5.74, 6) is 1.69. The average Bonchev–Trinajstić information content (AvgIpc) is 2.64. The van der Waals surface area contributed by atoms with Crippen LogP contribution in [0.3, 0.4) is 0 Å². The summed E-state index contributed by atoms with van der Waals surface area (Å²) in [4.78, 5) is 26.6. The highest BCUT2D eigenvalue weighted by molar-refractivity contribution is 5.41. The van der Waals surface area contributed by atoms with Crippen LogP contribution in [0.4, 0.5) is 11.6 Å². The van der Waals surface area contributed by atoms with E-state index >= 15 is 0 Å². The minimum absolute atomic E-state index is 0.0778. The molecular weight excluding hydrogens is 324 g/mol. The van der Waals surface area contributed by atoms with E-state index in [2.05, 4.69) is 25.2 Å². The van der Waals surface area contributed by atoms with E-state index in [0.717, 1.165) is 12.4 Å². The molecule has 0 spiro atoms. The minimum Gasteiger partial charge on any atom is -0.478 e. The van der Waals surface area contributed by atoms with Gasteiger partial charge >= 0.3 is 0 Å². The van der Waals surface area contributed by atoms with E-state index in [-0.39, 0.29) is 11.7 Å². The zero-order chi connectivity index (χ0) is 17.6. The second-order valence-corrected chi connectivity index (χ2v) is 5.66. The summed E-state index contributed by atoms with van der Waals surface area (Å²) >= 11 is 0. The number of anilines is 2. The predicted octanol–water partition coefficient (Wildman–Crippen LogP) is 0.286. The van der Waals surface area contributed by atoms with Crippen LogP contribution in [0.5, 0.6) is 5.88 Å². The number of hydrogen-bond acceptors (Lipinski definition) is 8. The first-order valence-electron chi connectivity index (χ1n) is 8.24. The molecule has 2 aromatic rings. The fourth-order valence-corrected chi connectivity index (χ4v) is 2.61. The first-order chi connectivity index (χ1) is 12.2. The van der Waals surface area contributed by atoms with Crippen molar-refractivity contribution < 1.29 is 9.47 Å². The van der Waals surface area contributed by atoms with Gasteiger partial charge < -0.3 is 24.3 Å². The zero-order valence-corrected chi connectivity index (χ0v) is 14.4. The van der Waals surface area contributed by atoms with Crippen molar-refractivity contribution in [3.63, 3.8) is 0 Å². The standard InChI is InChI=1S/C16H22N6O3/c1-3-24-14-8-13(19-11-20-14)22-6-7-25-12(10-22)9-18-15-16(23)21(2)5-4-17-15/h4-5,8,11-12H,3,6-7,9-10H2,1-2H3,(H,17,18)/t12-/m0/s1. The van der Waals surface area contributed by atoms with E-state index in [1.807, 2.05) is 13.0 Å². The molecule has 3 heterocycles. The van der Waals surface area contributed by atoms with Crippen LogP contribution in [0, 0.1) is 0 Å². The molecule has 1 fully saturated rings. The number of nitrogens with zero attached hydrogens (tertiary/aromatic N) is 5. The quantitative estimate of drug-likeness (QED) is 0.797. The molecule has 1 atom stereocenters. The maximum Gasteiger partial charge on any atom is 0.293 e. The Bertz CT molecular complexity index is 766. The molecule has 0 amide bonds. The Morgan fingerprint density at radius 1 is 1.40 bits per heavy atom. The molecular formula is C16H22N6O3. The Labute approximate surface area is 145 Å². The number of nitrogens with one attached hydrogen (secondary N) is 1. The van der Waals surface area contributed by atoms with Crippen molar-refractivity contribution in [3.05, 3.63) is 35.1 Å². The third kappa shape index (κ3) is 4.24. The first kappa shape index (κ1) is 17.2. The molecule has 1 N–H and O–H groups in total. The van der Waals surface area contributed by atoms with Crippen LogP contribution < -0.4 is 20.5 Å². The van der Waals surface area contributed by atoms with Gasteiger partial charge in [-0.3, -0.25) is 4.79 Å². The van der Waals surface area contributed by atoms with Gasteiger partial charge in [-0.25, -0.2) is 15.0 Å². The monoisotopic (exact) mass is 346 g/mol.